The number of carbonyl (C=O) groups is 2. The second-order valence-corrected chi connectivity index (χ2v) is 12.8. The molecule has 0 aromatic heterocycles. The number of benzene rings is 4. The molecule has 6 nitrogen and oxygen atoms in total. The van der Waals surface area contributed by atoms with E-state index in [2.05, 4.69) is 0 Å². The summed E-state index contributed by atoms with van der Waals surface area (Å²) < 4.78 is 62.9. The predicted molar refractivity (Wildman–Crippen MR) is 159 cm³/mol. The summed E-state index contributed by atoms with van der Waals surface area (Å²) in [6.45, 7) is 1.55. The zero-order valence-corrected chi connectivity index (χ0v) is 24.6. The number of sulfone groups is 1. The Balaban J connectivity index is 1.81. The average molecular weight is 624 g/mol. The molecule has 0 N–H and O–H groups in total. The van der Waals surface area contributed by atoms with Gasteiger partial charge in [-0.05, 0) is 72.1 Å². The Bertz CT molecular complexity index is 1700. The number of hydrogen-bond acceptors (Lipinski definition) is 6. The van der Waals surface area contributed by atoms with E-state index in [0.29, 0.717) is 16.1 Å². The molecule has 0 spiro atoms. The van der Waals surface area contributed by atoms with Crippen molar-refractivity contribution in [2.75, 3.05) is 6.61 Å². The zero-order chi connectivity index (χ0) is 30.7. The molecule has 5 rings (SSSR count). The first-order valence-corrected chi connectivity index (χ1v) is 15.6. The van der Waals surface area contributed by atoms with Crippen LogP contribution in [-0.4, -0.2) is 42.2 Å². The minimum absolute atomic E-state index is 0.0765. The van der Waals surface area contributed by atoms with E-state index in [0.717, 1.165) is 5.56 Å². The molecular formula is C33H28ClF2NO5S. The molecule has 43 heavy (non-hydrogen) atoms. The van der Waals surface area contributed by atoms with Gasteiger partial charge in [0.1, 0.15) is 16.9 Å². The van der Waals surface area contributed by atoms with Crippen molar-refractivity contribution in [1.29, 1.82) is 0 Å². The van der Waals surface area contributed by atoms with Gasteiger partial charge in [-0.2, -0.15) is 0 Å². The summed E-state index contributed by atoms with van der Waals surface area (Å²) in [5, 5.41) is -3.27. The van der Waals surface area contributed by atoms with E-state index in [-0.39, 0.29) is 18.7 Å². The Morgan fingerprint density at radius 1 is 0.767 bits per heavy atom. The summed E-state index contributed by atoms with van der Waals surface area (Å²) >= 11 is 6.05. The van der Waals surface area contributed by atoms with Crippen molar-refractivity contribution in [3.63, 3.8) is 0 Å². The fourth-order valence-corrected chi connectivity index (χ4v) is 8.20. The zero-order valence-electron chi connectivity index (χ0n) is 23.1. The SMILES string of the molecule is CCOC(=O)C1C(c2ccc(F)cc2)N(Cc2ccccc2)C(c2ccc(F)cc2)C(C(=O)c2ccc(Cl)cc2)S1(=O)=O. The molecule has 222 valence electrons. The van der Waals surface area contributed by atoms with Gasteiger partial charge in [0.25, 0.3) is 0 Å². The lowest BCUT2D eigenvalue weighted by molar-refractivity contribution is -0.144. The molecule has 1 aliphatic rings. The van der Waals surface area contributed by atoms with E-state index in [4.69, 9.17) is 16.3 Å². The van der Waals surface area contributed by atoms with E-state index in [1.165, 1.54) is 72.8 Å². The van der Waals surface area contributed by atoms with Crippen LogP contribution in [0, 0.1) is 11.6 Å². The van der Waals surface area contributed by atoms with Gasteiger partial charge in [-0.3, -0.25) is 14.5 Å². The first-order valence-electron chi connectivity index (χ1n) is 13.6. The molecular weight excluding hydrogens is 596 g/mol. The molecule has 0 amide bonds. The van der Waals surface area contributed by atoms with E-state index in [9.17, 15) is 26.8 Å². The molecule has 0 aliphatic carbocycles. The summed E-state index contributed by atoms with van der Waals surface area (Å²) in [7, 11) is -4.67. The standard InChI is InChI=1S/C33H28ClF2NO5S/c1-2-42-33(39)32-29(23-12-18-27(36)19-13-23)37(20-21-6-4-3-5-7-21)28(22-10-16-26(35)17-11-22)31(43(32,40)41)30(38)24-8-14-25(34)15-9-24/h3-19,28-29,31-32H,2,20H2,1H3. The predicted octanol–water partition coefficient (Wildman–Crippen LogP) is 6.51. The van der Waals surface area contributed by atoms with Crippen LogP contribution in [0.2, 0.25) is 5.02 Å². The fourth-order valence-electron chi connectivity index (χ4n) is 5.64. The largest absolute Gasteiger partial charge is 0.465 e. The molecule has 0 bridgehead atoms. The third kappa shape index (κ3) is 6.25. The topological polar surface area (TPSA) is 80.8 Å². The summed E-state index contributed by atoms with van der Waals surface area (Å²) in [4.78, 5) is 29.6. The van der Waals surface area contributed by atoms with Crippen molar-refractivity contribution < 1.29 is 31.5 Å². The lowest BCUT2D eigenvalue weighted by atomic mass is 9.90. The Kier molecular flexibility index (Phi) is 9.05. The van der Waals surface area contributed by atoms with E-state index in [1.54, 1.807) is 11.8 Å². The Morgan fingerprint density at radius 3 is 1.79 bits per heavy atom. The summed E-state index contributed by atoms with van der Waals surface area (Å²) in [6.07, 6.45) is 0. The van der Waals surface area contributed by atoms with Gasteiger partial charge in [-0.25, -0.2) is 17.2 Å². The van der Waals surface area contributed by atoms with Crippen LogP contribution in [0.3, 0.4) is 0 Å². The Morgan fingerprint density at radius 2 is 1.28 bits per heavy atom. The first-order chi connectivity index (χ1) is 20.6. The van der Waals surface area contributed by atoms with E-state index >= 15 is 0 Å². The van der Waals surface area contributed by atoms with Crippen LogP contribution in [-0.2, 0) is 25.9 Å². The molecule has 1 aliphatic heterocycles. The molecule has 4 aromatic carbocycles. The van der Waals surface area contributed by atoms with Crippen LogP contribution in [0.1, 0.15) is 46.1 Å². The van der Waals surface area contributed by atoms with Crippen molar-refractivity contribution in [3.05, 3.63) is 142 Å². The molecule has 10 heteroatoms. The third-order valence-corrected chi connectivity index (χ3v) is 10.1. The van der Waals surface area contributed by atoms with Crippen molar-refractivity contribution >= 4 is 33.2 Å². The highest BCUT2D eigenvalue weighted by molar-refractivity contribution is 7.94. The van der Waals surface area contributed by atoms with E-state index in [1.807, 2.05) is 30.3 Å². The number of ether oxygens (including phenoxy) is 1. The fraction of sp³-hybridized carbons (Fsp3) is 0.212. The van der Waals surface area contributed by atoms with Crippen LogP contribution in [0.5, 0.6) is 0 Å². The third-order valence-electron chi connectivity index (χ3n) is 7.53. The first kappa shape index (κ1) is 30.5. The molecule has 4 unspecified atom stereocenters. The molecule has 1 fully saturated rings. The highest BCUT2D eigenvalue weighted by Gasteiger charge is 2.59. The maximum absolute atomic E-state index is 14.7. The number of esters is 1. The van der Waals surface area contributed by atoms with Gasteiger partial charge >= 0.3 is 5.97 Å². The Hall–Kier alpha value is -3.92. The van der Waals surface area contributed by atoms with Gasteiger partial charge < -0.3 is 4.74 Å². The Labute approximate surface area is 253 Å². The second-order valence-electron chi connectivity index (χ2n) is 10.2. The number of hydrogen-bond donors (Lipinski definition) is 0. The smallest absolute Gasteiger partial charge is 0.326 e. The van der Waals surface area contributed by atoms with Gasteiger partial charge in [0.05, 0.1) is 18.7 Å². The average Bonchev–Trinajstić information content (AvgIpc) is 2.99. The molecule has 0 saturated carbocycles. The summed E-state index contributed by atoms with van der Waals surface area (Å²) in [5.74, 6) is -2.87. The minimum Gasteiger partial charge on any atom is -0.465 e. The van der Waals surface area contributed by atoms with Gasteiger partial charge in [-0.1, -0.05) is 66.2 Å². The molecule has 1 heterocycles. The summed E-state index contributed by atoms with van der Waals surface area (Å²) in [5.41, 5.74) is 1.53. The van der Waals surface area contributed by atoms with Crippen LogP contribution in [0.4, 0.5) is 8.78 Å². The number of ketones is 1. The van der Waals surface area contributed by atoms with Gasteiger partial charge in [-0.15, -0.1) is 0 Å². The van der Waals surface area contributed by atoms with Crippen LogP contribution < -0.4 is 0 Å². The van der Waals surface area contributed by atoms with Crippen molar-refractivity contribution in [2.24, 2.45) is 0 Å². The number of Topliss-reactive ketones (excluding diaryl/α,β-unsaturated/α-hetero) is 1. The van der Waals surface area contributed by atoms with Crippen LogP contribution in [0.25, 0.3) is 0 Å². The van der Waals surface area contributed by atoms with Crippen molar-refractivity contribution in [2.45, 2.75) is 36.1 Å². The molecule has 0 radical (unpaired) electrons. The maximum Gasteiger partial charge on any atom is 0.326 e. The molecule has 4 atom stereocenters. The number of nitrogens with zero attached hydrogens (tertiary/aromatic N) is 1. The summed E-state index contributed by atoms with van der Waals surface area (Å²) in [6, 6.07) is 23.0. The van der Waals surface area contributed by atoms with Gasteiger partial charge in [0, 0.05) is 17.1 Å². The van der Waals surface area contributed by atoms with Crippen molar-refractivity contribution in [1.82, 2.24) is 4.90 Å². The lowest BCUT2D eigenvalue weighted by Crippen LogP contribution is -2.60. The van der Waals surface area contributed by atoms with E-state index < -0.39 is 55.8 Å². The number of carbonyl (C=O) groups excluding carboxylic acids is 2. The number of rotatable bonds is 8. The maximum atomic E-state index is 14.7. The van der Waals surface area contributed by atoms with Gasteiger partial charge in [0.2, 0.25) is 0 Å². The second kappa shape index (κ2) is 12.8. The van der Waals surface area contributed by atoms with Gasteiger partial charge in [0.15, 0.2) is 20.9 Å². The molecule has 4 aromatic rings. The highest BCUT2D eigenvalue weighted by atomic mass is 35.5. The van der Waals surface area contributed by atoms with Crippen LogP contribution >= 0.6 is 11.6 Å². The monoisotopic (exact) mass is 623 g/mol. The molecule has 1 saturated heterocycles. The highest BCUT2D eigenvalue weighted by Crippen LogP contribution is 2.48. The minimum atomic E-state index is -4.67. The number of halogens is 3. The quantitative estimate of drug-likeness (QED) is 0.164. The van der Waals surface area contributed by atoms with Crippen LogP contribution in [0.15, 0.2) is 103 Å². The normalized spacial score (nSPS) is 21.7. The van der Waals surface area contributed by atoms with Crippen molar-refractivity contribution in [3.8, 4) is 0 Å². The lowest BCUT2D eigenvalue weighted by Gasteiger charge is -2.48.